The molecular weight excluding hydrogens is 288 g/mol. The molecule has 0 N–H and O–H groups in total. The maximum atomic E-state index is 2.45. The maximum Gasteiger partial charge on any atom is -0.0228 e. The Kier molecular flexibility index (Phi) is 9.63. The summed E-state index contributed by atoms with van der Waals surface area (Å²) in [6.07, 6.45) is 5.57. The number of rotatable bonds is 11. The van der Waals surface area contributed by atoms with Crippen LogP contribution in [-0.2, 0) is 0 Å². The SMILES string of the molecule is CC(C)C(CCCCC(C(C)C)(C(C)C)C(C)C)(C(C)C)C(C)C. The van der Waals surface area contributed by atoms with Crippen LogP contribution in [0.2, 0.25) is 0 Å². The third-order valence-corrected chi connectivity index (χ3v) is 7.92. The molecule has 24 heavy (non-hydrogen) atoms. The van der Waals surface area contributed by atoms with E-state index in [1.165, 1.54) is 25.7 Å². The van der Waals surface area contributed by atoms with Crippen LogP contribution in [0, 0.1) is 46.3 Å². The Hall–Kier alpha value is 0. The molecule has 0 radical (unpaired) electrons. The van der Waals surface area contributed by atoms with Gasteiger partial charge in [-0.15, -0.1) is 0 Å². The Balaban J connectivity index is 5.07. The van der Waals surface area contributed by atoms with Crippen LogP contribution in [-0.4, -0.2) is 0 Å². The maximum absolute atomic E-state index is 2.45. The van der Waals surface area contributed by atoms with Crippen molar-refractivity contribution in [2.24, 2.45) is 46.3 Å². The van der Waals surface area contributed by atoms with Gasteiger partial charge < -0.3 is 0 Å². The molecule has 0 unspecified atom stereocenters. The third-order valence-electron chi connectivity index (χ3n) is 7.92. The van der Waals surface area contributed by atoms with Gasteiger partial charge in [-0.05, 0) is 59.2 Å². The first-order chi connectivity index (χ1) is 10.9. The third kappa shape index (κ3) is 4.79. The van der Waals surface area contributed by atoms with Crippen LogP contribution in [0.15, 0.2) is 0 Å². The van der Waals surface area contributed by atoms with E-state index in [9.17, 15) is 0 Å². The highest BCUT2D eigenvalue weighted by Crippen LogP contribution is 2.50. The number of hydrogen-bond acceptors (Lipinski definition) is 0. The van der Waals surface area contributed by atoms with Crippen LogP contribution >= 0.6 is 0 Å². The average molecular weight is 339 g/mol. The summed E-state index contributed by atoms with van der Waals surface area (Å²) in [5, 5.41) is 0. The van der Waals surface area contributed by atoms with Crippen LogP contribution < -0.4 is 0 Å². The molecular formula is C24H50. The van der Waals surface area contributed by atoms with Crippen molar-refractivity contribution in [2.75, 3.05) is 0 Å². The molecule has 0 aromatic heterocycles. The van der Waals surface area contributed by atoms with Gasteiger partial charge in [0.05, 0.1) is 0 Å². The lowest BCUT2D eigenvalue weighted by molar-refractivity contribution is 0.0194. The first-order valence-corrected chi connectivity index (χ1v) is 10.9. The van der Waals surface area contributed by atoms with Crippen molar-refractivity contribution in [2.45, 2.75) is 109 Å². The van der Waals surface area contributed by atoms with Gasteiger partial charge in [-0.1, -0.05) is 95.9 Å². The summed E-state index contributed by atoms with van der Waals surface area (Å²) >= 11 is 0. The predicted octanol–water partition coefficient (Wildman–Crippen LogP) is 8.46. The molecule has 0 atom stereocenters. The second-order valence-electron chi connectivity index (χ2n) is 10.4. The van der Waals surface area contributed by atoms with Crippen LogP contribution in [0.1, 0.15) is 109 Å². The number of unbranched alkanes of at least 4 members (excludes halogenated alkanes) is 1. The van der Waals surface area contributed by atoms with E-state index < -0.39 is 0 Å². The van der Waals surface area contributed by atoms with Crippen LogP contribution in [0.3, 0.4) is 0 Å². The van der Waals surface area contributed by atoms with Crippen molar-refractivity contribution in [3.05, 3.63) is 0 Å². The fraction of sp³-hybridized carbons (Fsp3) is 1.00. The Morgan fingerprint density at radius 1 is 0.375 bits per heavy atom. The van der Waals surface area contributed by atoms with Crippen LogP contribution in [0.5, 0.6) is 0 Å². The Morgan fingerprint density at radius 2 is 0.542 bits per heavy atom. The molecule has 0 aliphatic heterocycles. The minimum absolute atomic E-state index is 0.496. The molecule has 0 amide bonds. The second kappa shape index (κ2) is 9.63. The highest BCUT2D eigenvalue weighted by atomic mass is 14.5. The first-order valence-electron chi connectivity index (χ1n) is 10.9. The summed E-state index contributed by atoms with van der Waals surface area (Å²) in [6, 6.07) is 0. The molecule has 0 aliphatic carbocycles. The lowest BCUT2D eigenvalue weighted by Gasteiger charge is -2.47. The van der Waals surface area contributed by atoms with Crippen molar-refractivity contribution in [3.8, 4) is 0 Å². The second-order valence-corrected chi connectivity index (χ2v) is 10.4. The quantitative estimate of drug-likeness (QED) is 0.331. The average Bonchev–Trinajstić information content (AvgIpc) is 2.40. The van der Waals surface area contributed by atoms with E-state index in [0.717, 1.165) is 35.5 Å². The zero-order valence-electron chi connectivity index (χ0n) is 19.3. The van der Waals surface area contributed by atoms with Gasteiger partial charge in [0.1, 0.15) is 0 Å². The minimum Gasteiger partial charge on any atom is -0.0622 e. The first kappa shape index (κ1) is 24.0. The van der Waals surface area contributed by atoms with Gasteiger partial charge in [-0.2, -0.15) is 0 Å². The molecule has 0 aromatic carbocycles. The molecule has 0 fully saturated rings. The summed E-state index contributed by atoms with van der Waals surface area (Å²) < 4.78 is 0. The summed E-state index contributed by atoms with van der Waals surface area (Å²) in [5.41, 5.74) is 0.992. The van der Waals surface area contributed by atoms with E-state index in [1.807, 2.05) is 0 Å². The fourth-order valence-electron chi connectivity index (χ4n) is 6.59. The molecule has 0 saturated carbocycles. The normalized spacial score (nSPS) is 14.2. The van der Waals surface area contributed by atoms with Crippen molar-refractivity contribution < 1.29 is 0 Å². The van der Waals surface area contributed by atoms with E-state index in [0.29, 0.717) is 10.8 Å². The largest absolute Gasteiger partial charge is 0.0622 e. The molecule has 0 nitrogen and oxygen atoms in total. The molecule has 0 heteroatoms. The highest BCUT2D eigenvalue weighted by molar-refractivity contribution is 4.90. The fourth-order valence-corrected chi connectivity index (χ4v) is 6.59. The summed E-state index contributed by atoms with van der Waals surface area (Å²) in [4.78, 5) is 0. The predicted molar refractivity (Wildman–Crippen MR) is 112 cm³/mol. The molecule has 0 aliphatic rings. The van der Waals surface area contributed by atoms with Gasteiger partial charge in [0.2, 0.25) is 0 Å². The number of hydrogen-bond donors (Lipinski definition) is 0. The molecule has 0 bridgehead atoms. The van der Waals surface area contributed by atoms with Gasteiger partial charge >= 0.3 is 0 Å². The van der Waals surface area contributed by atoms with E-state index in [2.05, 4.69) is 83.1 Å². The van der Waals surface area contributed by atoms with Crippen molar-refractivity contribution in [1.29, 1.82) is 0 Å². The van der Waals surface area contributed by atoms with Gasteiger partial charge in [-0.3, -0.25) is 0 Å². The Morgan fingerprint density at radius 3 is 0.667 bits per heavy atom. The Labute approximate surface area is 155 Å². The van der Waals surface area contributed by atoms with E-state index >= 15 is 0 Å². The summed E-state index contributed by atoms with van der Waals surface area (Å²) in [5.74, 6) is 4.60. The zero-order chi connectivity index (χ0) is 19.3. The van der Waals surface area contributed by atoms with Gasteiger partial charge in [0, 0.05) is 0 Å². The monoisotopic (exact) mass is 338 g/mol. The minimum atomic E-state index is 0.496. The van der Waals surface area contributed by atoms with Crippen molar-refractivity contribution in [1.82, 2.24) is 0 Å². The zero-order valence-corrected chi connectivity index (χ0v) is 19.3. The van der Waals surface area contributed by atoms with Gasteiger partial charge in [0.15, 0.2) is 0 Å². The highest BCUT2D eigenvalue weighted by Gasteiger charge is 2.41. The topological polar surface area (TPSA) is 0 Å². The Bertz CT molecular complexity index is 252. The van der Waals surface area contributed by atoms with E-state index in [-0.39, 0.29) is 0 Å². The molecule has 0 aromatic rings. The molecule has 146 valence electrons. The van der Waals surface area contributed by atoms with Crippen molar-refractivity contribution in [3.63, 3.8) is 0 Å². The summed E-state index contributed by atoms with van der Waals surface area (Å²) in [6.45, 7) is 29.3. The molecule has 0 saturated heterocycles. The van der Waals surface area contributed by atoms with Gasteiger partial charge in [0.25, 0.3) is 0 Å². The smallest absolute Gasteiger partial charge is 0.0228 e. The lowest BCUT2D eigenvalue weighted by Crippen LogP contribution is -2.39. The molecule has 0 spiro atoms. The molecule has 0 heterocycles. The van der Waals surface area contributed by atoms with Crippen molar-refractivity contribution >= 4 is 0 Å². The lowest BCUT2D eigenvalue weighted by atomic mass is 9.58. The van der Waals surface area contributed by atoms with Gasteiger partial charge in [-0.25, -0.2) is 0 Å². The molecule has 0 rings (SSSR count). The van der Waals surface area contributed by atoms with Crippen LogP contribution in [0.4, 0.5) is 0 Å². The van der Waals surface area contributed by atoms with Crippen LogP contribution in [0.25, 0.3) is 0 Å². The van der Waals surface area contributed by atoms with E-state index in [1.54, 1.807) is 0 Å². The standard InChI is InChI=1S/C24H50/c1-17(2)23(18(3)4,19(5)6)15-13-14-16-24(20(7)8,21(9)10)22(11)12/h17-22H,13-16H2,1-12H3. The van der Waals surface area contributed by atoms with E-state index in [4.69, 9.17) is 0 Å². The summed E-state index contributed by atoms with van der Waals surface area (Å²) in [7, 11) is 0.